The molecule has 20 heavy (non-hydrogen) atoms. The van der Waals surface area contributed by atoms with Crippen molar-refractivity contribution < 1.29 is 9.59 Å². The molecule has 1 aromatic rings. The molecular weight excluding hydrogens is 254 g/mol. The van der Waals surface area contributed by atoms with Crippen LogP contribution >= 0.6 is 0 Å². The Labute approximate surface area is 119 Å². The highest BCUT2D eigenvalue weighted by molar-refractivity contribution is 6.00. The molecule has 0 saturated heterocycles. The van der Waals surface area contributed by atoms with Gasteiger partial charge in [-0.1, -0.05) is 0 Å². The summed E-state index contributed by atoms with van der Waals surface area (Å²) in [5.74, 6) is -0.198. The number of carbonyl (C=O) groups excluding carboxylic acids is 2. The van der Waals surface area contributed by atoms with E-state index in [0.717, 1.165) is 0 Å². The molecule has 1 aromatic carbocycles. The fourth-order valence-corrected chi connectivity index (χ4v) is 1.74. The zero-order valence-corrected chi connectivity index (χ0v) is 12.7. The fraction of sp³-hybridized carbons (Fsp3) is 0.467. The van der Waals surface area contributed by atoms with Crippen LogP contribution in [0, 0.1) is 0 Å². The van der Waals surface area contributed by atoms with Crippen LogP contribution in [0.15, 0.2) is 18.2 Å². The summed E-state index contributed by atoms with van der Waals surface area (Å²) < 4.78 is 0. The van der Waals surface area contributed by atoms with E-state index in [1.807, 2.05) is 20.8 Å². The van der Waals surface area contributed by atoms with Crippen LogP contribution < -0.4 is 16.4 Å². The third-order valence-corrected chi connectivity index (χ3v) is 2.71. The Morgan fingerprint density at radius 1 is 1.25 bits per heavy atom. The molecule has 0 saturated carbocycles. The Bertz CT molecular complexity index is 518. The lowest BCUT2D eigenvalue weighted by atomic mass is 10.1. The highest BCUT2D eigenvalue weighted by Crippen LogP contribution is 2.19. The van der Waals surface area contributed by atoms with E-state index in [0.29, 0.717) is 16.9 Å². The van der Waals surface area contributed by atoms with Crippen molar-refractivity contribution in [1.82, 2.24) is 5.32 Å². The summed E-state index contributed by atoms with van der Waals surface area (Å²) in [7, 11) is 0. The second-order valence-electron chi connectivity index (χ2n) is 5.96. The van der Waals surface area contributed by atoms with Crippen LogP contribution in [0.1, 0.15) is 45.0 Å². The quantitative estimate of drug-likeness (QED) is 0.582. The van der Waals surface area contributed by atoms with Crippen molar-refractivity contribution in [1.29, 1.82) is 0 Å². The lowest BCUT2D eigenvalue weighted by molar-refractivity contribution is -0.122. The summed E-state index contributed by atoms with van der Waals surface area (Å²) in [6.07, 6.45) is 0. The normalized spacial score (nSPS) is 12.7. The molecule has 1 rings (SSSR count). The number of hydrogen-bond acceptors (Lipinski definition) is 4. The number of amides is 1. The Balaban J connectivity index is 2.81. The van der Waals surface area contributed by atoms with Gasteiger partial charge < -0.3 is 16.4 Å². The lowest BCUT2D eigenvalue weighted by Gasteiger charge is -2.24. The highest BCUT2D eigenvalue weighted by Gasteiger charge is 2.19. The standard InChI is InChI=1S/C15H23N3O2/c1-9(14(20)18-15(3,4)5)17-11-6-7-13(16)12(8-11)10(2)19/h6-9,17H,16H2,1-5H3,(H,18,20). The molecule has 0 bridgehead atoms. The van der Waals surface area contributed by atoms with Crippen molar-refractivity contribution in [2.75, 3.05) is 11.1 Å². The number of hydrogen-bond donors (Lipinski definition) is 3. The van der Waals surface area contributed by atoms with E-state index in [9.17, 15) is 9.59 Å². The molecule has 1 amide bonds. The van der Waals surface area contributed by atoms with Crippen LogP contribution in [0.4, 0.5) is 11.4 Å². The van der Waals surface area contributed by atoms with Gasteiger partial charge in [-0.3, -0.25) is 9.59 Å². The van der Waals surface area contributed by atoms with Crippen molar-refractivity contribution >= 4 is 23.1 Å². The lowest BCUT2D eigenvalue weighted by Crippen LogP contribution is -2.47. The second kappa shape index (κ2) is 5.94. The van der Waals surface area contributed by atoms with E-state index in [4.69, 9.17) is 5.73 Å². The minimum atomic E-state index is -0.405. The Morgan fingerprint density at radius 3 is 2.35 bits per heavy atom. The van der Waals surface area contributed by atoms with Crippen LogP contribution in [-0.4, -0.2) is 23.3 Å². The number of anilines is 2. The maximum Gasteiger partial charge on any atom is 0.242 e. The van der Waals surface area contributed by atoms with Crippen molar-refractivity contribution in [3.05, 3.63) is 23.8 Å². The third kappa shape index (κ3) is 4.57. The van der Waals surface area contributed by atoms with Gasteiger partial charge in [0.25, 0.3) is 0 Å². The van der Waals surface area contributed by atoms with Gasteiger partial charge >= 0.3 is 0 Å². The van der Waals surface area contributed by atoms with Gasteiger partial charge in [0.15, 0.2) is 5.78 Å². The Kier molecular flexibility index (Phi) is 4.76. The molecule has 5 heteroatoms. The first-order chi connectivity index (χ1) is 9.10. The maximum absolute atomic E-state index is 12.0. The summed E-state index contributed by atoms with van der Waals surface area (Å²) in [5, 5.41) is 5.96. The summed E-state index contributed by atoms with van der Waals surface area (Å²) in [5.41, 5.74) is 7.05. The molecule has 0 fully saturated rings. The van der Waals surface area contributed by atoms with Gasteiger partial charge in [-0.2, -0.15) is 0 Å². The molecule has 0 heterocycles. The van der Waals surface area contributed by atoms with Crippen LogP contribution in [0.25, 0.3) is 0 Å². The van der Waals surface area contributed by atoms with Crippen LogP contribution in [-0.2, 0) is 4.79 Å². The fourth-order valence-electron chi connectivity index (χ4n) is 1.74. The minimum absolute atomic E-state index is 0.0984. The Hall–Kier alpha value is -2.04. The molecule has 4 N–H and O–H groups in total. The molecule has 0 aromatic heterocycles. The largest absolute Gasteiger partial charge is 0.398 e. The molecule has 110 valence electrons. The van der Waals surface area contributed by atoms with Crippen molar-refractivity contribution in [3.8, 4) is 0 Å². The maximum atomic E-state index is 12.0. The van der Waals surface area contributed by atoms with E-state index in [1.165, 1.54) is 6.92 Å². The summed E-state index contributed by atoms with van der Waals surface area (Å²) in [6.45, 7) is 9.01. The topological polar surface area (TPSA) is 84.2 Å². The number of ketones is 1. The first-order valence-electron chi connectivity index (χ1n) is 6.59. The van der Waals surface area contributed by atoms with E-state index in [2.05, 4.69) is 10.6 Å². The number of nitrogens with two attached hydrogens (primary N) is 1. The number of nitrogen functional groups attached to an aromatic ring is 1. The molecule has 0 aliphatic carbocycles. The number of carbonyl (C=O) groups is 2. The van der Waals surface area contributed by atoms with Crippen molar-refractivity contribution in [3.63, 3.8) is 0 Å². The smallest absolute Gasteiger partial charge is 0.242 e. The van der Waals surface area contributed by atoms with Crippen LogP contribution in [0.3, 0.4) is 0 Å². The molecule has 0 spiro atoms. The molecule has 0 aliphatic rings. The van der Waals surface area contributed by atoms with Crippen molar-refractivity contribution in [2.45, 2.75) is 46.2 Å². The zero-order valence-electron chi connectivity index (χ0n) is 12.7. The van der Waals surface area contributed by atoms with Gasteiger partial charge in [-0.25, -0.2) is 0 Å². The van der Waals surface area contributed by atoms with E-state index >= 15 is 0 Å². The minimum Gasteiger partial charge on any atom is -0.398 e. The number of Topliss-reactive ketones (excluding diaryl/α,β-unsaturated/α-hetero) is 1. The predicted octanol–water partition coefficient (Wildman–Crippen LogP) is 2.19. The van der Waals surface area contributed by atoms with Gasteiger partial charge in [0.2, 0.25) is 5.91 Å². The van der Waals surface area contributed by atoms with Crippen LogP contribution in [0.2, 0.25) is 0 Å². The van der Waals surface area contributed by atoms with Gasteiger partial charge in [-0.05, 0) is 52.8 Å². The number of benzene rings is 1. The molecule has 1 atom stereocenters. The first-order valence-corrected chi connectivity index (χ1v) is 6.59. The van der Waals surface area contributed by atoms with E-state index < -0.39 is 6.04 Å². The Morgan fingerprint density at radius 2 is 1.85 bits per heavy atom. The second-order valence-corrected chi connectivity index (χ2v) is 5.96. The first kappa shape index (κ1) is 16.0. The van der Waals surface area contributed by atoms with Crippen LogP contribution in [0.5, 0.6) is 0 Å². The number of nitrogens with one attached hydrogen (secondary N) is 2. The molecule has 1 unspecified atom stereocenters. The third-order valence-electron chi connectivity index (χ3n) is 2.71. The van der Waals surface area contributed by atoms with Gasteiger partial charge in [0.05, 0.1) is 0 Å². The highest BCUT2D eigenvalue weighted by atomic mass is 16.2. The molecular formula is C15H23N3O2. The summed E-state index contributed by atoms with van der Waals surface area (Å²) in [6, 6.07) is 4.67. The molecule has 5 nitrogen and oxygen atoms in total. The summed E-state index contributed by atoms with van der Waals surface area (Å²) >= 11 is 0. The van der Waals surface area contributed by atoms with Gasteiger partial charge in [0.1, 0.15) is 6.04 Å². The monoisotopic (exact) mass is 277 g/mol. The van der Waals surface area contributed by atoms with E-state index in [1.54, 1.807) is 25.1 Å². The van der Waals surface area contributed by atoms with E-state index in [-0.39, 0.29) is 17.2 Å². The summed E-state index contributed by atoms with van der Waals surface area (Å²) in [4.78, 5) is 23.4. The zero-order chi connectivity index (χ0) is 15.5. The van der Waals surface area contributed by atoms with Gasteiger partial charge in [-0.15, -0.1) is 0 Å². The molecule has 0 radical (unpaired) electrons. The average Bonchev–Trinajstić information content (AvgIpc) is 2.28. The SMILES string of the molecule is CC(=O)c1cc(NC(C)C(=O)NC(C)(C)C)ccc1N. The van der Waals surface area contributed by atoms with Crippen molar-refractivity contribution in [2.24, 2.45) is 0 Å². The predicted molar refractivity (Wildman–Crippen MR) is 81.8 cm³/mol. The molecule has 0 aliphatic heterocycles. The average molecular weight is 277 g/mol. The number of rotatable bonds is 4. The van der Waals surface area contributed by atoms with Gasteiger partial charge in [0, 0.05) is 22.5 Å².